The molecule has 2 aromatic rings. The standard InChI is InChI=1S/C22H25F3N4O3/c23-22(24,25)20-17-8-10-28(19(30)11-14-4-6-15(7-5-14)21(31)32)13-18(17)29(27-20)12-16-3-1-2-9-26-16/h1-3,9,14-15H,4-8,10-13H2,(H,31,32)/t14-,15-. The van der Waals surface area contributed by atoms with E-state index in [0.29, 0.717) is 43.5 Å². The topological polar surface area (TPSA) is 88.3 Å². The summed E-state index contributed by atoms with van der Waals surface area (Å²) in [5.41, 5.74) is 0.254. The first-order chi connectivity index (χ1) is 15.2. The molecule has 1 amide bonds. The second-order valence-corrected chi connectivity index (χ2v) is 8.58. The predicted molar refractivity (Wildman–Crippen MR) is 107 cm³/mol. The predicted octanol–water partition coefficient (Wildman–Crippen LogP) is 3.51. The highest BCUT2D eigenvalue weighted by Gasteiger charge is 2.41. The van der Waals surface area contributed by atoms with Crippen LogP contribution in [0.4, 0.5) is 13.2 Å². The maximum atomic E-state index is 13.6. The molecule has 0 unspecified atom stereocenters. The molecular weight excluding hydrogens is 425 g/mol. The Kier molecular flexibility index (Phi) is 6.21. The summed E-state index contributed by atoms with van der Waals surface area (Å²) in [6, 6.07) is 5.21. The second kappa shape index (κ2) is 8.91. The second-order valence-electron chi connectivity index (χ2n) is 8.58. The number of carbonyl (C=O) groups is 2. The number of alkyl halides is 3. The zero-order valence-electron chi connectivity index (χ0n) is 17.5. The van der Waals surface area contributed by atoms with E-state index in [1.54, 1.807) is 29.3 Å². The minimum absolute atomic E-state index is 0.0779. The highest BCUT2D eigenvalue weighted by Crippen LogP contribution is 2.36. The van der Waals surface area contributed by atoms with Gasteiger partial charge in [-0.1, -0.05) is 6.07 Å². The lowest BCUT2D eigenvalue weighted by atomic mass is 9.80. The van der Waals surface area contributed by atoms with Gasteiger partial charge in [0.05, 0.1) is 30.4 Å². The van der Waals surface area contributed by atoms with E-state index in [2.05, 4.69) is 10.1 Å². The third-order valence-corrected chi connectivity index (χ3v) is 6.46. The number of amides is 1. The van der Waals surface area contributed by atoms with Crippen LogP contribution in [0.1, 0.15) is 54.7 Å². The Balaban J connectivity index is 1.49. The van der Waals surface area contributed by atoms with Crippen LogP contribution in [0.5, 0.6) is 0 Å². The molecule has 0 saturated heterocycles. The zero-order valence-corrected chi connectivity index (χ0v) is 17.5. The Morgan fingerprint density at radius 1 is 1.16 bits per heavy atom. The van der Waals surface area contributed by atoms with Crippen molar-refractivity contribution in [3.63, 3.8) is 0 Å². The number of rotatable bonds is 5. The Hall–Kier alpha value is -2.91. The van der Waals surface area contributed by atoms with Crippen LogP contribution in [-0.4, -0.2) is 43.2 Å². The number of hydrogen-bond acceptors (Lipinski definition) is 4. The molecule has 1 aliphatic heterocycles. The molecular formula is C22H25F3N4O3. The van der Waals surface area contributed by atoms with Gasteiger partial charge >= 0.3 is 12.1 Å². The maximum Gasteiger partial charge on any atom is 0.435 e. The summed E-state index contributed by atoms with van der Waals surface area (Å²) < 4.78 is 42.0. The molecule has 0 spiro atoms. The number of halogens is 3. The van der Waals surface area contributed by atoms with E-state index in [0.717, 1.165) is 0 Å². The first-order valence-corrected chi connectivity index (χ1v) is 10.8. The minimum atomic E-state index is -4.56. The lowest BCUT2D eigenvalue weighted by Crippen LogP contribution is -2.38. The first-order valence-electron chi connectivity index (χ1n) is 10.8. The van der Waals surface area contributed by atoms with E-state index in [1.165, 1.54) is 4.68 Å². The van der Waals surface area contributed by atoms with Gasteiger partial charge in [-0.3, -0.25) is 19.3 Å². The lowest BCUT2D eigenvalue weighted by molar-refractivity contribution is -0.143. The molecule has 1 saturated carbocycles. The van der Waals surface area contributed by atoms with Gasteiger partial charge in [-0.15, -0.1) is 0 Å². The first kappa shape index (κ1) is 22.3. The third kappa shape index (κ3) is 4.78. The summed E-state index contributed by atoms with van der Waals surface area (Å²) >= 11 is 0. The SMILES string of the molecule is O=C(C[C@H]1CC[C@H](C(=O)O)CC1)N1CCc2c(C(F)(F)F)nn(Cc3ccccn3)c2C1. The van der Waals surface area contributed by atoms with Crippen LogP contribution in [0.25, 0.3) is 0 Å². The largest absolute Gasteiger partial charge is 0.481 e. The molecule has 3 heterocycles. The molecule has 1 N–H and O–H groups in total. The van der Waals surface area contributed by atoms with Crippen molar-refractivity contribution in [2.45, 2.75) is 57.8 Å². The molecule has 172 valence electrons. The Bertz CT molecular complexity index is 982. The fourth-order valence-corrected chi connectivity index (χ4v) is 4.69. The van der Waals surface area contributed by atoms with Gasteiger partial charge in [0.1, 0.15) is 0 Å². The van der Waals surface area contributed by atoms with Crippen molar-refractivity contribution in [1.82, 2.24) is 19.7 Å². The van der Waals surface area contributed by atoms with Crippen LogP contribution < -0.4 is 0 Å². The van der Waals surface area contributed by atoms with Gasteiger partial charge in [-0.05, 0) is 50.2 Å². The monoisotopic (exact) mass is 450 g/mol. The average molecular weight is 450 g/mol. The molecule has 1 aliphatic carbocycles. The van der Waals surface area contributed by atoms with Crippen LogP contribution >= 0.6 is 0 Å². The van der Waals surface area contributed by atoms with Crippen LogP contribution in [0.3, 0.4) is 0 Å². The molecule has 0 aromatic carbocycles. The van der Waals surface area contributed by atoms with Crippen LogP contribution in [0.2, 0.25) is 0 Å². The summed E-state index contributed by atoms with van der Waals surface area (Å²) in [5, 5.41) is 13.0. The molecule has 7 nitrogen and oxygen atoms in total. The van der Waals surface area contributed by atoms with Crippen molar-refractivity contribution in [3.8, 4) is 0 Å². The molecule has 2 aromatic heterocycles. The number of aromatic nitrogens is 3. The number of carbonyl (C=O) groups excluding carboxylic acids is 1. The molecule has 32 heavy (non-hydrogen) atoms. The fourth-order valence-electron chi connectivity index (χ4n) is 4.69. The van der Waals surface area contributed by atoms with Gasteiger partial charge in [-0.2, -0.15) is 18.3 Å². The molecule has 2 aliphatic rings. The van der Waals surface area contributed by atoms with Gasteiger partial charge < -0.3 is 10.0 Å². The minimum Gasteiger partial charge on any atom is -0.481 e. The van der Waals surface area contributed by atoms with Crippen molar-refractivity contribution in [2.75, 3.05) is 6.54 Å². The average Bonchev–Trinajstić information content (AvgIpc) is 3.13. The third-order valence-electron chi connectivity index (χ3n) is 6.46. The molecule has 1 fully saturated rings. The Morgan fingerprint density at radius 2 is 1.91 bits per heavy atom. The van der Waals surface area contributed by atoms with E-state index in [-0.39, 0.29) is 49.4 Å². The number of nitrogens with zero attached hydrogens (tertiary/aromatic N) is 4. The molecule has 10 heteroatoms. The number of fused-ring (bicyclic) bond motifs is 1. The van der Waals surface area contributed by atoms with E-state index in [4.69, 9.17) is 5.11 Å². The normalized spacial score (nSPS) is 21.3. The van der Waals surface area contributed by atoms with E-state index in [9.17, 15) is 22.8 Å². The van der Waals surface area contributed by atoms with Crippen LogP contribution in [0, 0.1) is 11.8 Å². The van der Waals surface area contributed by atoms with Crippen molar-refractivity contribution >= 4 is 11.9 Å². The molecule has 0 radical (unpaired) electrons. The van der Waals surface area contributed by atoms with Crippen molar-refractivity contribution in [2.24, 2.45) is 11.8 Å². The highest BCUT2D eigenvalue weighted by atomic mass is 19.4. The van der Waals surface area contributed by atoms with E-state index >= 15 is 0 Å². The van der Waals surface area contributed by atoms with Crippen molar-refractivity contribution in [3.05, 3.63) is 47.0 Å². The summed E-state index contributed by atoms with van der Waals surface area (Å²) in [4.78, 5) is 29.8. The summed E-state index contributed by atoms with van der Waals surface area (Å²) in [7, 11) is 0. The number of carboxylic acids is 1. The molecule has 0 bridgehead atoms. The molecule has 0 atom stereocenters. The van der Waals surface area contributed by atoms with Crippen LogP contribution in [0.15, 0.2) is 24.4 Å². The number of carboxylic acid groups (broad SMARTS) is 1. The number of aliphatic carboxylic acids is 1. The molecule has 4 rings (SSSR count). The van der Waals surface area contributed by atoms with Gasteiger partial charge in [-0.25, -0.2) is 0 Å². The smallest absolute Gasteiger partial charge is 0.435 e. The van der Waals surface area contributed by atoms with Crippen molar-refractivity contribution < 1.29 is 27.9 Å². The van der Waals surface area contributed by atoms with E-state index in [1.807, 2.05) is 0 Å². The fraction of sp³-hybridized carbons (Fsp3) is 0.545. The van der Waals surface area contributed by atoms with Gasteiger partial charge in [0.2, 0.25) is 5.91 Å². The van der Waals surface area contributed by atoms with Crippen LogP contribution in [-0.2, 0) is 35.3 Å². The van der Waals surface area contributed by atoms with Gasteiger partial charge in [0.15, 0.2) is 5.69 Å². The highest BCUT2D eigenvalue weighted by molar-refractivity contribution is 5.77. The Morgan fingerprint density at radius 3 is 2.53 bits per heavy atom. The number of hydrogen-bond donors (Lipinski definition) is 1. The van der Waals surface area contributed by atoms with Crippen molar-refractivity contribution in [1.29, 1.82) is 0 Å². The summed E-state index contributed by atoms with van der Waals surface area (Å²) in [6.45, 7) is 0.393. The summed E-state index contributed by atoms with van der Waals surface area (Å²) in [6.07, 6.45) is -0.118. The quantitative estimate of drug-likeness (QED) is 0.753. The lowest BCUT2D eigenvalue weighted by Gasteiger charge is -2.31. The van der Waals surface area contributed by atoms with E-state index < -0.39 is 17.8 Å². The van der Waals surface area contributed by atoms with Gasteiger partial charge in [0, 0.05) is 24.7 Å². The number of pyridine rings is 1. The van der Waals surface area contributed by atoms with Gasteiger partial charge in [0.25, 0.3) is 0 Å². The summed E-state index contributed by atoms with van der Waals surface area (Å²) in [5.74, 6) is -1.13. The maximum absolute atomic E-state index is 13.6. The zero-order chi connectivity index (χ0) is 22.9. The Labute approximate surface area is 183 Å².